The van der Waals surface area contributed by atoms with Crippen molar-refractivity contribution in [3.8, 4) is 16.9 Å². The van der Waals surface area contributed by atoms with Crippen LogP contribution in [0.4, 0.5) is 5.69 Å². The normalized spacial score (nSPS) is 10.5. The van der Waals surface area contributed by atoms with Gasteiger partial charge in [0.25, 0.3) is 5.69 Å². The fourth-order valence-corrected chi connectivity index (χ4v) is 2.24. The maximum atomic E-state index is 10.7. The first-order valence-corrected chi connectivity index (χ1v) is 6.59. The topological polar surface area (TPSA) is 61.0 Å². The van der Waals surface area contributed by atoms with E-state index in [2.05, 4.69) is 5.10 Å². The SMILES string of the molecule is O=[N+]([O-])c1ccc(-n2nc(-c3ccccc3)cc2Cl)cc1. The minimum Gasteiger partial charge on any atom is -0.258 e. The summed E-state index contributed by atoms with van der Waals surface area (Å²) in [5.74, 6) is 0. The Morgan fingerprint density at radius 2 is 1.71 bits per heavy atom. The van der Waals surface area contributed by atoms with E-state index in [4.69, 9.17) is 11.6 Å². The number of hydrogen-bond donors (Lipinski definition) is 0. The minimum atomic E-state index is -0.441. The molecule has 0 saturated heterocycles. The lowest BCUT2D eigenvalue weighted by molar-refractivity contribution is -0.384. The summed E-state index contributed by atoms with van der Waals surface area (Å²) in [6.45, 7) is 0. The zero-order valence-corrected chi connectivity index (χ0v) is 11.6. The molecule has 0 aliphatic heterocycles. The highest BCUT2D eigenvalue weighted by molar-refractivity contribution is 6.30. The average molecular weight is 300 g/mol. The number of nitro benzene ring substituents is 1. The molecule has 0 radical (unpaired) electrons. The van der Waals surface area contributed by atoms with E-state index in [9.17, 15) is 10.1 Å². The van der Waals surface area contributed by atoms with Gasteiger partial charge < -0.3 is 0 Å². The summed E-state index contributed by atoms with van der Waals surface area (Å²) < 4.78 is 1.55. The van der Waals surface area contributed by atoms with E-state index >= 15 is 0 Å². The van der Waals surface area contributed by atoms with Crippen LogP contribution >= 0.6 is 11.6 Å². The second kappa shape index (κ2) is 5.38. The van der Waals surface area contributed by atoms with Gasteiger partial charge >= 0.3 is 0 Å². The first-order chi connectivity index (χ1) is 10.1. The molecule has 3 rings (SSSR count). The van der Waals surface area contributed by atoms with Crippen molar-refractivity contribution in [3.63, 3.8) is 0 Å². The van der Waals surface area contributed by atoms with Crippen molar-refractivity contribution in [2.24, 2.45) is 0 Å². The lowest BCUT2D eigenvalue weighted by Crippen LogP contribution is -1.97. The Kier molecular flexibility index (Phi) is 3.41. The summed E-state index contributed by atoms with van der Waals surface area (Å²) in [5.41, 5.74) is 2.41. The van der Waals surface area contributed by atoms with Crippen molar-refractivity contribution in [1.29, 1.82) is 0 Å². The number of nitro groups is 1. The predicted octanol–water partition coefficient (Wildman–Crippen LogP) is 4.10. The Morgan fingerprint density at radius 1 is 1.05 bits per heavy atom. The van der Waals surface area contributed by atoms with Gasteiger partial charge in [0.2, 0.25) is 0 Å². The second-order valence-corrected chi connectivity index (χ2v) is 4.79. The summed E-state index contributed by atoms with van der Waals surface area (Å²) in [4.78, 5) is 10.2. The fourth-order valence-electron chi connectivity index (χ4n) is 2.00. The van der Waals surface area contributed by atoms with Crippen LogP contribution in [0.3, 0.4) is 0 Å². The predicted molar refractivity (Wildman–Crippen MR) is 80.7 cm³/mol. The molecule has 0 bridgehead atoms. The maximum absolute atomic E-state index is 10.7. The van der Waals surface area contributed by atoms with Crippen molar-refractivity contribution < 1.29 is 4.92 Å². The zero-order valence-electron chi connectivity index (χ0n) is 10.8. The number of rotatable bonds is 3. The molecule has 6 heteroatoms. The lowest BCUT2D eigenvalue weighted by atomic mass is 10.2. The number of aromatic nitrogens is 2. The molecule has 21 heavy (non-hydrogen) atoms. The Morgan fingerprint density at radius 3 is 2.33 bits per heavy atom. The fraction of sp³-hybridized carbons (Fsp3) is 0. The third-order valence-corrected chi connectivity index (χ3v) is 3.31. The van der Waals surface area contributed by atoms with Crippen LogP contribution in [-0.2, 0) is 0 Å². The van der Waals surface area contributed by atoms with Gasteiger partial charge in [-0.25, -0.2) is 4.68 Å². The molecule has 0 unspecified atom stereocenters. The second-order valence-electron chi connectivity index (χ2n) is 4.40. The molecule has 0 spiro atoms. The van der Waals surface area contributed by atoms with Crippen molar-refractivity contribution in [1.82, 2.24) is 9.78 Å². The first kappa shape index (κ1) is 13.3. The average Bonchev–Trinajstić information content (AvgIpc) is 2.90. The van der Waals surface area contributed by atoms with E-state index in [1.54, 1.807) is 22.9 Å². The summed E-state index contributed by atoms with van der Waals surface area (Å²) in [5, 5.41) is 15.5. The number of hydrogen-bond acceptors (Lipinski definition) is 3. The highest BCUT2D eigenvalue weighted by atomic mass is 35.5. The molecule has 0 saturated carbocycles. The zero-order chi connectivity index (χ0) is 14.8. The Labute approximate surface area is 125 Å². The molecule has 0 aliphatic rings. The summed E-state index contributed by atoms with van der Waals surface area (Å²) >= 11 is 6.20. The van der Waals surface area contributed by atoms with Gasteiger partial charge in [-0.15, -0.1) is 0 Å². The van der Waals surface area contributed by atoms with Crippen LogP contribution in [0.15, 0.2) is 60.7 Å². The van der Waals surface area contributed by atoms with E-state index in [0.29, 0.717) is 10.8 Å². The summed E-state index contributed by atoms with van der Waals surface area (Å²) in [6, 6.07) is 17.5. The van der Waals surface area contributed by atoms with Gasteiger partial charge in [0, 0.05) is 23.8 Å². The largest absolute Gasteiger partial charge is 0.269 e. The molecular weight excluding hydrogens is 290 g/mol. The maximum Gasteiger partial charge on any atom is 0.269 e. The van der Waals surface area contributed by atoms with Crippen molar-refractivity contribution in [3.05, 3.63) is 75.9 Å². The molecule has 0 amide bonds. The molecule has 2 aromatic carbocycles. The number of benzene rings is 2. The molecule has 0 N–H and O–H groups in total. The number of halogens is 1. The van der Waals surface area contributed by atoms with Gasteiger partial charge in [0.1, 0.15) is 5.15 Å². The Bertz CT molecular complexity index is 782. The molecule has 0 atom stereocenters. The molecule has 104 valence electrons. The molecule has 0 aliphatic carbocycles. The summed E-state index contributed by atoms with van der Waals surface area (Å²) in [6.07, 6.45) is 0. The van der Waals surface area contributed by atoms with Crippen LogP contribution in [0.1, 0.15) is 0 Å². The summed E-state index contributed by atoms with van der Waals surface area (Å²) in [7, 11) is 0. The lowest BCUT2D eigenvalue weighted by Gasteiger charge is -2.02. The van der Waals surface area contributed by atoms with Crippen LogP contribution in [-0.4, -0.2) is 14.7 Å². The molecule has 3 aromatic rings. The molecular formula is C15H10ClN3O2. The Hall–Kier alpha value is -2.66. The number of non-ortho nitro benzene ring substituents is 1. The van der Waals surface area contributed by atoms with Crippen molar-refractivity contribution >= 4 is 17.3 Å². The highest BCUT2D eigenvalue weighted by Gasteiger charge is 2.11. The van der Waals surface area contributed by atoms with Crippen molar-refractivity contribution in [2.45, 2.75) is 0 Å². The van der Waals surface area contributed by atoms with Crippen LogP contribution in [0.25, 0.3) is 16.9 Å². The minimum absolute atomic E-state index is 0.0327. The molecule has 1 heterocycles. The standard InChI is InChI=1S/C15H10ClN3O2/c16-15-10-14(11-4-2-1-3-5-11)17-18(15)12-6-8-13(9-7-12)19(20)21/h1-10H. The van der Waals surface area contributed by atoms with Crippen LogP contribution < -0.4 is 0 Å². The number of nitrogens with zero attached hydrogens (tertiary/aromatic N) is 3. The van der Waals surface area contributed by atoms with Crippen LogP contribution in [0.5, 0.6) is 0 Å². The first-order valence-electron chi connectivity index (χ1n) is 6.21. The van der Waals surface area contributed by atoms with E-state index in [0.717, 1.165) is 11.3 Å². The van der Waals surface area contributed by atoms with Crippen LogP contribution in [0, 0.1) is 10.1 Å². The van der Waals surface area contributed by atoms with Gasteiger partial charge in [0.15, 0.2) is 0 Å². The molecule has 0 fully saturated rings. The quantitative estimate of drug-likeness (QED) is 0.540. The third-order valence-electron chi connectivity index (χ3n) is 3.04. The smallest absolute Gasteiger partial charge is 0.258 e. The highest BCUT2D eigenvalue weighted by Crippen LogP contribution is 2.25. The van der Waals surface area contributed by atoms with Crippen LogP contribution in [0.2, 0.25) is 5.15 Å². The monoisotopic (exact) mass is 299 g/mol. The van der Waals surface area contributed by atoms with Gasteiger partial charge in [0.05, 0.1) is 16.3 Å². The van der Waals surface area contributed by atoms with Gasteiger partial charge in [-0.2, -0.15) is 5.10 Å². The van der Waals surface area contributed by atoms with Gasteiger partial charge in [-0.05, 0) is 12.1 Å². The van der Waals surface area contributed by atoms with Gasteiger partial charge in [-0.1, -0.05) is 41.9 Å². The molecule has 5 nitrogen and oxygen atoms in total. The van der Waals surface area contributed by atoms with E-state index < -0.39 is 4.92 Å². The molecule has 1 aromatic heterocycles. The van der Waals surface area contributed by atoms with Gasteiger partial charge in [-0.3, -0.25) is 10.1 Å². The van der Waals surface area contributed by atoms with Crippen molar-refractivity contribution in [2.75, 3.05) is 0 Å². The van der Waals surface area contributed by atoms with E-state index in [1.807, 2.05) is 30.3 Å². The third kappa shape index (κ3) is 2.64. The van der Waals surface area contributed by atoms with E-state index in [-0.39, 0.29) is 5.69 Å². The Balaban J connectivity index is 2.00. The van der Waals surface area contributed by atoms with E-state index in [1.165, 1.54) is 12.1 Å².